The molecule has 3 aliphatic heterocycles. The van der Waals surface area contributed by atoms with Crippen LogP contribution in [0.25, 0.3) is 0 Å². The monoisotopic (exact) mass is 298 g/mol. The second-order valence-electron chi connectivity index (χ2n) is 6.20. The maximum Gasteiger partial charge on any atom is 0.509 e. The molecule has 21 heavy (non-hydrogen) atoms. The number of ether oxygens (including phenoxy) is 4. The molecular weight excluding hydrogens is 276 g/mol. The first-order valence-corrected chi connectivity index (χ1v) is 7.49. The summed E-state index contributed by atoms with van der Waals surface area (Å²) in [5.41, 5.74) is -0.673. The number of carbonyl (C=O) groups is 1. The highest BCUT2D eigenvalue weighted by Gasteiger charge is 2.49. The zero-order chi connectivity index (χ0) is 15.0. The van der Waals surface area contributed by atoms with Crippen molar-refractivity contribution >= 4 is 6.16 Å². The van der Waals surface area contributed by atoms with Gasteiger partial charge in [0.1, 0.15) is 24.4 Å². The molecule has 3 fully saturated rings. The molecule has 6 nitrogen and oxygen atoms in total. The molecule has 6 atom stereocenters. The predicted octanol–water partition coefficient (Wildman–Crippen LogP) is 1.55. The van der Waals surface area contributed by atoms with Crippen molar-refractivity contribution in [2.24, 2.45) is 0 Å². The Morgan fingerprint density at radius 2 is 2.05 bits per heavy atom. The van der Waals surface area contributed by atoms with Gasteiger partial charge in [0.05, 0.1) is 18.3 Å². The molecule has 0 amide bonds. The highest BCUT2D eigenvalue weighted by atomic mass is 16.8. The number of hydrogen-bond acceptors (Lipinski definition) is 6. The van der Waals surface area contributed by atoms with Crippen LogP contribution in [0.2, 0.25) is 0 Å². The van der Waals surface area contributed by atoms with Gasteiger partial charge in [0.2, 0.25) is 0 Å². The van der Waals surface area contributed by atoms with Crippen molar-refractivity contribution in [1.29, 1.82) is 0 Å². The lowest BCUT2D eigenvalue weighted by molar-refractivity contribution is -0.189. The smallest absolute Gasteiger partial charge is 0.431 e. The fourth-order valence-corrected chi connectivity index (χ4v) is 3.33. The minimum atomic E-state index is -0.673. The summed E-state index contributed by atoms with van der Waals surface area (Å²) in [5.74, 6) is 0. The van der Waals surface area contributed by atoms with E-state index in [9.17, 15) is 9.90 Å². The summed E-state index contributed by atoms with van der Waals surface area (Å²) in [6.07, 6.45) is 2.17. The zero-order valence-electron chi connectivity index (χ0n) is 12.2. The van der Waals surface area contributed by atoms with Gasteiger partial charge in [0.25, 0.3) is 0 Å². The molecule has 0 spiro atoms. The maximum absolute atomic E-state index is 11.4. The van der Waals surface area contributed by atoms with Gasteiger partial charge in [0, 0.05) is 0 Å². The van der Waals surface area contributed by atoms with Gasteiger partial charge < -0.3 is 24.1 Å². The molecular formula is C15H22O6. The molecule has 3 heterocycles. The lowest BCUT2D eigenvalue weighted by atomic mass is 9.92. The van der Waals surface area contributed by atoms with Gasteiger partial charge in [-0.25, -0.2) is 4.79 Å². The van der Waals surface area contributed by atoms with E-state index < -0.39 is 17.9 Å². The minimum absolute atomic E-state index is 0.128. The Balaban J connectivity index is 1.78. The molecule has 3 rings (SSSR count). The number of carbonyl (C=O) groups excluding carboxylic acids is 1. The molecule has 0 aromatic heterocycles. The van der Waals surface area contributed by atoms with Crippen LogP contribution in [0, 0.1) is 0 Å². The Labute approximate surface area is 124 Å². The van der Waals surface area contributed by atoms with Crippen molar-refractivity contribution in [2.75, 3.05) is 6.61 Å². The fraction of sp³-hybridized carbons (Fsp3) is 0.800. The average Bonchev–Trinajstić information content (AvgIpc) is 2.67. The van der Waals surface area contributed by atoms with Crippen molar-refractivity contribution < 1.29 is 28.8 Å². The minimum Gasteiger partial charge on any atom is -0.431 e. The third-order valence-electron chi connectivity index (χ3n) is 4.72. The Hall–Kier alpha value is -1.11. The number of hydrogen-bond donors (Lipinski definition) is 1. The van der Waals surface area contributed by atoms with Crippen LogP contribution < -0.4 is 0 Å². The highest BCUT2D eigenvalue weighted by molar-refractivity contribution is 5.61. The van der Waals surface area contributed by atoms with E-state index in [4.69, 9.17) is 18.9 Å². The number of cyclic esters (lactones) is 1. The van der Waals surface area contributed by atoms with Crippen LogP contribution in [0.5, 0.6) is 0 Å². The summed E-state index contributed by atoms with van der Waals surface area (Å²) < 4.78 is 22.4. The van der Waals surface area contributed by atoms with Crippen LogP contribution in [-0.2, 0) is 18.9 Å². The van der Waals surface area contributed by atoms with E-state index in [-0.39, 0.29) is 31.0 Å². The van der Waals surface area contributed by atoms with Crippen molar-refractivity contribution in [3.63, 3.8) is 0 Å². The molecule has 0 saturated carbocycles. The van der Waals surface area contributed by atoms with E-state index in [1.165, 1.54) is 0 Å². The Kier molecular flexibility index (Phi) is 3.94. The van der Waals surface area contributed by atoms with E-state index >= 15 is 0 Å². The summed E-state index contributed by atoms with van der Waals surface area (Å²) in [4.78, 5) is 11.4. The third kappa shape index (κ3) is 2.80. The summed E-state index contributed by atoms with van der Waals surface area (Å²) in [7, 11) is 0. The second kappa shape index (κ2) is 5.59. The Morgan fingerprint density at radius 1 is 1.29 bits per heavy atom. The average molecular weight is 298 g/mol. The van der Waals surface area contributed by atoms with E-state index in [0.29, 0.717) is 25.7 Å². The van der Waals surface area contributed by atoms with Crippen LogP contribution in [0.15, 0.2) is 12.7 Å². The number of rotatable bonds is 1. The first kappa shape index (κ1) is 14.8. The molecule has 6 heteroatoms. The summed E-state index contributed by atoms with van der Waals surface area (Å²) in [6.45, 7) is 5.80. The van der Waals surface area contributed by atoms with Gasteiger partial charge >= 0.3 is 6.16 Å². The van der Waals surface area contributed by atoms with Crippen LogP contribution in [-0.4, -0.2) is 54.0 Å². The van der Waals surface area contributed by atoms with Gasteiger partial charge in [-0.05, 0) is 32.6 Å². The normalized spacial score (nSPS) is 47.0. The van der Waals surface area contributed by atoms with Crippen molar-refractivity contribution in [3.05, 3.63) is 12.7 Å². The largest absolute Gasteiger partial charge is 0.509 e. The summed E-state index contributed by atoms with van der Waals surface area (Å²) in [6, 6.07) is 0. The lowest BCUT2D eigenvalue weighted by Gasteiger charge is -2.38. The number of fused-ring (bicyclic) bond motifs is 2. The maximum atomic E-state index is 11.4. The van der Waals surface area contributed by atoms with Gasteiger partial charge in [-0.1, -0.05) is 6.08 Å². The Bertz CT molecular complexity index is 424. The molecule has 0 bridgehead atoms. The van der Waals surface area contributed by atoms with Crippen LogP contribution in [0.1, 0.15) is 32.6 Å². The standard InChI is InChI=1S/C15H22O6/c1-3-10-9(16)4-5-11-12(19-10)6-7-15(2)13(20-11)8-18-14(17)21-15/h3,9-13,16H,1,4-8H2,2H3/t9-,10+,11+,12-,13-,15+/m0/s1. The molecule has 118 valence electrons. The topological polar surface area (TPSA) is 74.2 Å². The van der Waals surface area contributed by atoms with Crippen LogP contribution in [0.4, 0.5) is 4.79 Å². The molecule has 0 aromatic rings. The number of aliphatic hydroxyl groups is 1. The fourth-order valence-electron chi connectivity index (χ4n) is 3.33. The summed E-state index contributed by atoms with van der Waals surface area (Å²) >= 11 is 0. The van der Waals surface area contributed by atoms with E-state index in [0.717, 1.165) is 0 Å². The van der Waals surface area contributed by atoms with Crippen molar-refractivity contribution in [3.8, 4) is 0 Å². The predicted molar refractivity (Wildman–Crippen MR) is 72.8 cm³/mol. The zero-order valence-corrected chi connectivity index (χ0v) is 12.2. The molecule has 0 radical (unpaired) electrons. The van der Waals surface area contributed by atoms with Crippen LogP contribution in [0.3, 0.4) is 0 Å². The molecule has 3 saturated heterocycles. The first-order chi connectivity index (χ1) is 10.0. The van der Waals surface area contributed by atoms with E-state index in [2.05, 4.69) is 6.58 Å². The molecule has 0 aliphatic carbocycles. The lowest BCUT2D eigenvalue weighted by Crippen LogP contribution is -2.52. The van der Waals surface area contributed by atoms with Gasteiger partial charge in [0.15, 0.2) is 0 Å². The molecule has 0 aromatic carbocycles. The SMILES string of the molecule is C=C[C@H]1O[C@H]2CC[C@@]3(C)OC(=O)OC[C@@H]3O[C@@H]2CC[C@@H]1O. The van der Waals surface area contributed by atoms with Gasteiger partial charge in [-0.2, -0.15) is 0 Å². The molecule has 0 unspecified atom stereocenters. The van der Waals surface area contributed by atoms with Gasteiger partial charge in [-0.3, -0.25) is 0 Å². The number of aliphatic hydroxyl groups excluding tert-OH is 1. The van der Waals surface area contributed by atoms with Crippen LogP contribution >= 0.6 is 0 Å². The second-order valence-corrected chi connectivity index (χ2v) is 6.20. The third-order valence-corrected chi connectivity index (χ3v) is 4.72. The van der Waals surface area contributed by atoms with Crippen molar-refractivity contribution in [2.45, 2.75) is 68.7 Å². The molecule has 3 aliphatic rings. The Morgan fingerprint density at radius 3 is 2.81 bits per heavy atom. The quantitative estimate of drug-likeness (QED) is 0.585. The first-order valence-electron chi connectivity index (χ1n) is 7.49. The summed E-state index contributed by atoms with van der Waals surface area (Å²) in [5, 5.41) is 10.0. The van der Waals surface area contributed by atoms with E-state index in [1.807, 2.05) is 6.92 Å². The van der Waals surface area contributed by atoms with E-state index in [1.54, 1.807) is 6.08 Å². The van der Waals surface area contributed by atoms with Crippen molar-refractivity contribution in [1.82, 2.24) is 0 Å². The molecule has 1 N–H and O–H groups in total. The highest BCUT2D eigenvalue weighted by Crippen LogP contribution is 2.38. The van der Waals surface area contributed by atoms with Gasteiger partial charge in [-0.15, -0.1) is 6.58 Å².